The number of pyridine rings is 1. The number of carbonyl (C=O) groups excluding carboxylic acids is 1. The highest BCUT2D eigenvalue weighted by Crippen LogP contribution is 2.32. The highest BCUT2D eigenvalue weighted by atomic mass is 19.1. The first kappa shape index (κ1) is 21.6. The van der Waals surface area contributed by atoms with Gasteiger partial charge in [0.25, 0.3) is 0 Å². The minimum atomic E-state index is -0.872. The second-order valence-corrected chi connectivity index (χ2v) is 8.78. The Hall–Kier alpha value is -2.64. The second kappa shape index (κ2) is 9.66. The van der Waals surface area contributed by atoms with Crippen LogP contribution in [0.1, 0.15) is 44.1 Å². The van der Waals surface area contributed by atoms with Gasteiger partial charge in [-0.15, -0.1) is 0 Å². The third kappa shape index (κ3) is 5.35. The molecule has 1 aromatic heterocycles. The first-order chi connectivity index (χ1) is 15.0. The van der Waals surface area contributed by atoms with E-state index < -0.39 is 12.3 Å². The van der Waals surface area contributed by atoms with E-state index in [0.29, 0.717) is 50.9 Å². The summed E-state index contributed by atoms with van der Waals surface area (Å²) in [5.74, 6) is 0.961. The highest BCUT2D eigenvalue weighted by molar-refractivity contribution is 5.81. The number of carboxylic acid groups (broad SMARTS) is 1. The first-order valence-electron chi connectivity index (χ1n) is 11.2. The normalized spacial score (nSPS) is 24.7. The summed E-state index contributed by atoms with van der Waals surface area (Å²) in [5, 5.41) is 9.01. The van der Waals surface area contributed by atoms with E-state index in [1.165, 1.54) is 10.5 Å². The Balaban J connectivity index is 1.24. The number of alkyl halides is 1. The quantitative estimate of drug-likeness (QED) is 0.770. The molecule has 2 fully saturated rings. The molecular weight excluding hydrogens is 401 g/mol. The van der Waals surface area contributed by atoms with Crippen LogP contribution in [0.3, 0.4) is 0 Å². The molecule has 8 heteroatoms. The number of hydrogen-bond donors (Lipinski definition) is 1. The summed E-state index contributed by atoms with van der Waals surface area (Å²) in [4.78, 5) is 31.1. The maximum atomic E-state index is 13.4. The molecule has 31 heavy (non-hydrogen) atoms. The summed E-state index contributed by atoms with van der Waals surface area (Å²) in [6, 6.07) is 3.86. The standard InChI is InChI=1S/C23H30FN3O4/c24-20-9-12-27(14-20)22(28)18-3-1-17(2-4-18)19-5-6-21(25-13-19)31-15-16-7-10-26(11-8-16)23(29)30/h1,5-6,13,16,18,20H,2-4,7-12,14-15H2,(H,29,30)/t18?,20-/m0/s1. The van der Waals surface area contributed by atoms with Crippen molar-refractivity contribution in [1.82, 2.24) is 14.8 Å². The van der Waals surface area contributed by atoms with Gasteiger partial charge in [-0.1, -0.05) is 6.08 Å². The molecule has 1 aromatic rings. The molecule has 1 unspecified atom stereocenters. The van der Waals surface area contributed by atoms with Crippen molar-refractivity contribution in [2.75, 3.05) is 32.8 Å². The molecule has 2 saturated heterocycles. The Labute approximate surface area is 181 Å². The van der Waals surface area contributed by atoms with Crippen molar-refractivity contribution in [3.05, 3.63) is 30.0 Å². The topological polar surface area (TPSA) is 83.0 Å². The summed E-state index contributed by atoms with van der Waals surface area (Å²) in [6.45, 7) is 2.44. The van der Waals surface area contributed by atoms with Gasteiger partial charge in [0.05, 0.1) is 13.2 Å². The third-order valence-corrected chi connectivity index (χ3v) is 6.66. The van der Waals surface area contributed by atoms with Gasteiger partial charge in [-0.3, -0.25) is 4.79 Å². The van der Waals surface area contributed by atoms with Gasteiger partial charge in [0, 0.05) is 37.8 Å². The van der Waals surface area contributed by atoms with E-state index in [1.807, 2.05) is 18.3 Å². The summed E-state index contributed by atoms with van der Waals surface area (Å²) in [5.41, 5.74) is 2.23. The molecular formula is C23H30FN3O4. The molecule has 2 aliphatic heterocycles. The molecule has 7 nitrogen and oxygen atoms in total. The van der Waals surface area contributed by atoms with Crippen LogP contribution in [0.15, 0.2) is 24.4 Å². The van der Waals surface area contributed by atoms with Crippen LogP contribution in [0.25, 0.3) is 5.57 Å². The van der Waals surface area contributed by atoms with Crippen LogP contribution in [-0.4, -0.2) is 70.8 Å². The Morgan fingerprint density at radius 3 is 2.48 bits per heavy atom. The number of carbonyl (C=O) groups is 2. The lowest BCUT2D eigenvalue weighted by molar-refractivity contribution is -0.134. The van der Waals surface area contributed by atoms with Crippen molar-refractivity contribution in [2.45, 2.75) is 44.7 Å². The number of likely N-dealkylation sites (tertiary alicyclic amines) is 2. The number of piperidine rings is 1. The lowest BCUT2D eigenvalue weighted by Gasteiger charge is -2.29. The average molecular weight is 432 g/mol. The van der Waals surface area contributed by atoms with Gasteiger partial charge in [-0.25, -0.2) is 14.2 Å². The Morgan fingerprint density at radius 1 is 1.13 bits per heavy atom. The molecule has 3 aliphatic rings. The maximum absolute atomic E-state index is 13.4. The molecule has 2 amide bonds. The fourth-order valence-corrected chi connectivity index (χ4v) is 4.65. The van der Waals surface area contributed by atoms with Crippen molar-refractivity contribution < 1.29 is 23.8 Å². The summed E-state index contributed by atoms with van der Waals surface area (Å²) >= 11 is 0. The smallest absolute Gasteiger partial charge is 0.407 e. The first-order valence-corrected chi connectivity index (χ1v) is 11.2. The molecule has 0 bridgehead atoms. The lowest BCUT2D eigenvalue weighted by Crippen LogP contribution is -2.38. The minimum Gasteiger partial charge on any atom is -0.477 e. The third-order valence-electron chi connectivity index (χ3n) is 6.66. The molecule has 0 spiro atoms. The number of nitrogens with zero attached hydrogens (tertiary/aromatic N) is 3. The monoisotopic (exact) mass is 431 g/mol. The van der Waals surface area contributed by atoms with Crippen LogP contribution >= 0.6 is 0 Å². The Kier molecular flexibility index (Phi) is 6.73. The van der Waals surface area contributed by atoms with E-state index in [0.717, 1.165) is 31.2 Å². The van der Waals surface area contributed by atoms with Gasteiger partial charge < -0.3 is 19.6 Å². The van der Waals surface area contributed by atoms with Crippen LogP contribution in [-0.2, 0) is 4.79 Å². The Bertz CT molecular complexity index is 821. The van der Waals surface area contributed by atoms with Crippen LogP contribution in [0, 0.1) is 11.8 Å². The number of hydrogen-bond acceptors (Lipinski definition) is 4. The van der Waals surface area contributed by atoms with Crippen molar-refractivity contribution in [3.8, 4) is 5.88 Å². The summed E-state index contributed by atoms with van der Waals surface area (Å²) in [7, 11) is 0. The molecule has 1 aliphatic carbocycles. The van der Waals surface area contributed by atoms with Crippen molar-refractivity contribution >= 4 is 17.6 Å². The number of halogens is 1. The van der Waals surface area contributed by atoms with Crippen LogP contribution in [0.5, 0.6) is 5.88 Å². The van der Waals surface area contributed by atoms with E-state index in [4.69, 9.17) is 9.84 Å². The molecule has 3 heterocycles. The number of rotatable bonds is 5. The number of allylic oxidation sites excluding steroid dienone is 2. The zero-order chi connectivity index (χ0) is 21.8. The van der Waals surface area contributed by atoms with E-state index in [-0.39, 0.29) is 18.4 Å². The van der Waals surface area contributed by atoms with Gasteiger partial charge in [-0.05, 0) is 61.6 Å². The van der Waals surface area contributed by atoms with Crippen LogP contribution in [0.2, 0.25) is 0 Å². The van der Waals surface area contributed by atoms with E-state index in [9.17, 15) is 14.0 Å². The molecule has 0 aromatic carbocycles. The minimum absolute atomic E-state index is 0.0443. The molecule has 0 saturated carbocycles. The molecule has 1 N–H and O–H groups in total. The van der Waals surface area contributed by atoms with E-state index in [2.05, 4.69) is 11.1 Å². The predicted octanol–water partition coefficient (Wildman–Crippen LogP) is 3.60. The van der Waals surface area contributed by atoms with Gasteiger partial charge in [-0.2, -0.15) is 0 Å². The number of ether oxygens (including phenoxy) is 1. The number of aromatic nitrogens is 1. The zero-order valence-corrected chi connectivity index (χ0v) is 17.7. The van der Waals surface area contributed by atoms with Gasteiger partial charge in [0.1, 0.15) is 6.17 Å². The molecule has 0 radical (unpaired) electrons. The van der Waals surface area contributed by atoms with Crippen molar-refractivity contribution in [3.63, 3.8) is 0 Å². The zero-order valence-electron chi connectivity index (χ0n) is 17.7. The molecule has 4 rings (SSSR count). The molecule has 2 atom stereocenters. The fraction of sp³-hybridized carbons (Fsp3) is 0.609. The lowest BCUT2D eigenvalue weighted by atomic mass is 9.86. The van der Waals surface area contributed by atoms with E-state index in [1.54, 1.807) is 4.90 Å². The van der Waals surface area contributed by atoms with Crippen LogP contribution < -0.4 is 4.74 Å². The Morgan fingerprint density at radius 2 is 1.90 bits per heavy atom. The van der Waals surface area contributed by atoms with Crippen molar-refractivity contribution in [1.29, 1.82) is 0 Å². The highest BCUT2D eigenvalue weighted by Gasteiger charge is 2.31. The second-order valence-electron chi connectivity index (χ2n) is 8.78. The summed E-state index contributed by atoms with van der Waals surface area (Å²) in [6.07, 6.45) is 6.56. The fourth-order valence-electron chi connectivity index (χ4n) is 4.65. The van der Waals surface area contributed by atoms with Crippen molar-refractivity contribution in [2.24, 2.45) is 11.8 Å². The molecule has 168 valence electrons. The maximum Gasteiger partial charge on any atom is 0.407 e. The van der Waals surface area contributed by atoms with Gasteiger partial charge in [0.2, 0.25) is 11.8 Å². The van der Waals surface area contributed by atoms with Gasteiger partial charge >= 0.3 is 6.09 Å². The van der Waals surface area contributed by atoms with Gasteiger partial charge in [0.15, 0.2) is 0 Å². The predicted molar refractivity (Wildman–Crippen MR) is 113 cm³/mol. The summed E-state index contributed by atoms with van der Waals surface area (Å²) < 4.78 is 19.2. The average Bonchev–Trinajstić information content (AvgIpc) is 3.24. The van der Waals surface area contributed by atoms with E-state index >= 15 is 0 Å². The largest absolute Gasteiger partial charge is 0.477 e. The SMILES string of the molecule is O=C(O)N1CCC(COc2ccc(C3=CCC(C(=O)N4CC[C@H](F)C4)CC3)cn2)CC1. The number of amides is 2. The van der Waals surface area contributed by atoms with Crippen LogP contribution in [0.4, 0.5) is 9.18 Å².